The van der Waals surface area contributed by atoms with Crippen molar-refractivity contribution in [3.63, 3.8) is 0 Å². The second-order valence-electron chi connectivity index (χ2n) is 4.78. The Bertz CT molecular complexity index is 622. The van der Waals surface area contributed by atoms with Crippen LogP contribution < -0.4 is 0 Å². The van der Waals surface area contributed by atoms with Gasteiger partial charge in [-0.2, -0.15) is 0 Å². The lowest BCUT2D eigenvalue weighted by molar-refractivity contribution is 0.317. The second-order valence-corrected chi connectivity index (χ2v) is 5.22. The van der Waals surface area contributed by atoms with Crippen LogP contribution in [0.25, 0.3) is 0 Å². The Labute approximate surface area is 117 Å². The number of halogens is 1. The molecule has 1 aliphatic carbocycles. The number of hydrogen-bond acceptors (Lipinski definition) is 2. The summed E-state index contributed by atoms with van der Waals surface area (Å²) < 4.78 is 0. The number of benzene rings is 2. The van der Waals surface area contributed by atoms with Crippen LogP contribution >= 0.6 is 11.6 Å². The minimum Gasteiger partial charge on any atom is -0.411 e. The molecule has 2 aromatic rings. The average molecular weight is 272 g/mol. The van der Waals surface area contributed by atoms with Crippen LogP contribution in [0.3, 0.4) is 0 Å². The van der Waals surface area contributed by atoms with E-state index in [-0.39, 0.29) is 0 Å². The quantitative estimate of drug-likeness (QED) is 0.603. The normalized spacial score (nSPS) is 20.3. The molecule has 0 fully saturated rings. The summed E-state index contributed by atoms with van der Waals surface area (Å²) in [6, 6.07) is 16.3. The predicted molar refractivity (Wildman–Crippen MR) is 77.3 cm³/mol. The topological polar surface area (TPSA) is 32.6 Å². The first-order chi connectivity index (χ1) is 9.29. The smallest absolute Gasteiger partial charge is 0.0871 e. The summed E-state index contributed by atoms with van der Waals surface area (Å²) in [4.78, 5) is 0. The molecule has 0 saturated carbocycles. The van der Waals surface area contributed by atoms with Gasteiger partial charge in [-0.05, 0) is 36.1 Å². The van der Waals surface area contributed by atoms with E-state index in [1.54, 1.807) is 0 Å². The molecule has 1 atom stereocenters. The summed E-state index contributed by atoms with van der Waals surface area (Å²) in [6.07, 6.45) is 1.72. The summed E-state index contributed by atoms with van der Waals surface area (Å²) in [6.45, 7) is 0. The zero-order valence-corrected chi connectivity index (χ0v) is 11.1. The lowest BCUT2D eigenvalue weighted by atomic mass is 9.78. The number of nitrogens with zero attached hydrogens (tertiary/aromatic N) is 1. The number of oxime groups is 1. The maximum atomic E-state index is 9.13. The van der Waals surface area contributed by atoms with Gasteiger partial charge in [0.05, 0.1) is 5.71 Å². The minimum atomic E-state index is 0.346. The lowest BCUT2D eigenvalue weighted by Gasteiger charge is -2.26. The molecule has 1 aliphatic rings. The van der Waals surface area contributed by atoms with E-state index >= 15 is 0 Å². The Morgan fingerprint density at radius 2 is 1.89 bits per heavy atom. The molecule has 96 valence electrons. The molecule has 0 spiro atoms. The van der Waals surface area contributed by atoms with Gasteiger partial charge < -0.3 is 5.21 Å². The van der Waals surface area contributed by atoms with E-state index in [0.29, 0.717) is 10.9 Å². The Morgan fingerprint density at radius 3 is 2.63 bits per heavy atom. The van der Waals surface area contributed by atoms with Gasteiger partial charge in [0.2, 0.25) is 0 Å². The highest BCUT2D eigenvalue weighted by Crippen LogP contribution is 2.37. The Balaban J connectivity index is 2.12. The zero-order chi connectivity index (χ0) is 13.2. The monoisotopic (exact) mass is 271 g/mol. The molecule has 0 unspecified atom stereocenters. The molecular formula is C16H14ClNO. The van der Waals surface area contributed by atoms with Crippen molar-refractivity contribution >= 4 is 17.3 Å². The van der Waals surface area contributed by atoms with Crippen LogP contribution in [0.1, 0.15) is 35.4 Å². The van der Waals surface area contributed by atoms with Crippen molar-refractivity contribution in [3.8, 4) is 0 Å². The largest absolute Gasteiger partial charge is 0.411 e. The van der Waals surface area contributed by atoms with Crippen LogP contribution in [0.4, 0.5) is 0 Å². The fourth-order valence-electron chi connectivity index (χ4n) is 2.79. The average Bonchev–Trinajstić information content (AvgIpc) is 2.47. The molecule has 2 aromatic carbocycles. The van der Waals surface area contributed by atoms with Gasteiger partial charge in [-0.15, -0.1) is 0 Å². The van der Waals surface area contributed by atoms with E-state index in [4.69, 9.17) is 16.8 Å². The molecule has 3 rings (SSSR count). The standard InChI is InChI=1S/C16H14ClNO/c17-12-6-7-14-13(11-4-2-1-3-5-11)8-9-16(18-19)15(14)10-12/h1-7,10,13,19H,8-9H2/b18-16-/t13-/m0/s1. The highest BCUT2D eigenvalue weighted by Gasteiger charge is 2.25. The Morgan fingerprint density at radius 1 is 1.11 bits per heavy atom. The van der Waals surface area contributed by atoms with E-state index in [1.165, 1.54) is 11.1 Å². The molecule has 0 aliphatic heterocycles. The molecule has 0 amide bonds. The van der Waals surface area contributed by atoms with Crippen molar-refractivity contribution in [1.82, 2.24) is 0 Å². The lowest BCUT2D eigenvalue weighted by Crippen LogP contribution is -2.17. The fourth-order valence-corrected chi connectivity index (χ4v) is 2.96. The maximum Gasteiger partial charge on any atom is 0.0871 e. The van der Waals surface area contributed by atoms with E-state index in [9.17, 15) is 0 Å². The van der Waals surface area contributed by atoms with Gasteiger partial charge in [-0.25, -0.2) is 0 Å². The van der Waals surface area contributed by atoms with Gasteiger partial charge in [0.25, 0.3) is 0 Å². The summed E-state index contributed by atoms with van der Waals surface area (Å²) >= 11 is 6.06. The highest BCUT2D eigenvalue weighted by molar-refractivity contribution is 6.31. The van der Waals surface area contributed by atoms with Gasteiger partial charge in [0.15, 0.2) is 0 Å². The van der Waals surface area contributed by atoms with Gasteiger partial charge in [-0.3, -0.25) is 0 Å². The van der Waals surface area contributed by atoms with Crippen molar-refractivity contribution in [2.45, 2.75) is 18.8 Å². The van der Waals surface area contributed by atoms with Crippen molar-refractivity contribution < 1.29 is 5.21 Å². The minimum absolute atomic E-state index is 0.346. The molecule has 2 nitrogen and oxygen atoms in total. The van der Waals surface area contributed by atoms with Crippen molar-refractivity contribution in [3.05, 3.63) is 70.2 Å². The van der Waals surface area contributed by atoms with E-state index < -0.39 is 0 Å². The molecule has 0 heterocycles. The van der Waals surface area contributed by atoms with Crippen LogP contribution in [-0.2, 0) is 0 Å². The first-order valence-electron chi connectivity index (χ1n) is 6.35. The summed E-state index contributed by atoms with van der Waals surface area (Å²) in [5.41, 5.74) is 4.18. The molecule has 3 heteroatoms. The fraction of sp³-hybridized carbons (Fsp3) is 0.188. The third-order valence-corrected chi connectivity index (χ3v) is 3.93. The first kappa shape index (κ1) is 12.2. The molecule has 0 aromatic heterocycles. The van der Waals surface area contributed by atoms with Crippen molar-refractivity contribution in [1.29, 1.82) is 0 Å². The number of rotatable bonds is 1. The predicted octanol–water partition coefficient (Wildman–Crippen LogP) is 4.44. The van der Waals surface area contributed by atoms with Crippen molar-refractivity contribution in [2.75, 3.05) is 0 Å². The number of hydrogen-bond donors (Lipinski definition) is 1. The van der Waals surface area contributed by atoms with Crippen LogP contribution in [0, 0.1) is 0 Å². The van der Waals surface area contributed by atoms with Crippen LogP contribution in [0.15, 0.2) is 53.7 Å². The second kappa shape index (κ2) is 5.06. The Kier molecular flexibility index (Phi) is 3.26. The van der Waals surface area contributed by atoms with Gasteiger partial charge in [0.1, 0.15) is 0 Å². The summed E-state index contributed by atoms with van der Waals surface area (Å²) in [5, 5.41) is 13.2. The summed E-state index contributed by atoms with van der Waals surface area (Å²) in [7, 11) is 0. The van der Waals surface area contributed by atoms with Gasteiger partial charge in [-0.1, -0.05) is 53.2 Å². The Hall–Kier alpha value is -1.80. The molecule has 0 radical (unpaired) electrons. The third-order valence-electron chi connectivity index (χ3n) is 3.69. The molecular weight excluding hydrogens is 258 g/mol. The van der Waals surface area contributed by atoms with Crippen LogP contribution in [-0.4, -0.2) is 10.9 Å². The van der Waals surface area contributed by atoms with Crippen LogP contribution in [0.2, 0.25) is 5.02 Å². The molecule has 19 heavy (non-hydrogen) atoms. The van der Waals surface area contributed by atoms with E-state index in [0.717, 1.165) is 24.1 Å². The molecule has 1 N–H and O–H groups in total. The van der Waals surface area contributed by atoms with E-state index in [2.05, 4.69) is 29.4 Å². The maximum absolute atomic E-state index is 9.13. The first-order valence-corrected chi connectivity index (χ1v) is 6.73. The van der Waals surface area contributed by atoms with Crippen molar-refractivity contribution in [2.24, 2.45) is 5.16 Å². The SMILES string of the molecule is O/N=C1/CC[C@@H](c2ccccc2)c2ccc(Cl)cc21. The third kappa shape index (κ3) is 2.24. The van der Waals surface area contributed by atoms with Gasteiger partial charge in [0, 0.05) is 16.5 Å². The number of fused-ring (bicyclic) bond motifs is 1. The van der Waals surface area contributed by atoms with E-state index in [1.807, 2.05) is 24.3 Å². The highest BCUT2D eigenvalue weighted by atomic mass is 35.5. The molecule has 0 saturated heterocycles. The van der Waals surface area contributed by atoms with Gasteiger partial charge >= 0.3 is 0 Å². The zero-order valence-electron chi connectivity index (χ0n) is 10.4. The summed E-state index contributed by atoms with van der Waals surface area (Å²) in [5.74, 6) is 0.346. The van der Waals surface area contributed by atoms with Crippen LogP contribution in [0.5, 0.6) is 0 Å². The molecule has 0 bridgehead atoms.